The van der Waals surface area contributed by atoms with Crippen LogP contribution in [-0.2, 0) is 16.5 Å². The Morgan fingerprint density at radius 2 is 2.18 bits per heavy atom. The van der Waals surface area contributed by atoms with E-state index in [-0.39, 0.29) is 30.7 Å². The molecular weight excluding hydrogens is 520 g/mol. The van der Waals surface area contributed by atoms with Crippen LogP contribution in [0.5, 0.6) is 5.75 Å². The van der Waals surface area contributed by atoms with Gasteiger partial charge in [0.2, 0.25) is 11.1 Å². The molecule has 4 atom stereocenters. The van der Waals surface area contributed by atoms with Gasteiger partial charge in [-0.1, -0.05) is 6.08 Å². The highest BCUT2D eigenvalue weighted by molar-refractivity contribution is 6.28. The average molecular weight is 543 g/mol. The molecule has 0 radical (unpaired) electrons. The number of nitrogens with zero attached hydrogens (tertiary/aromatic N) is 7. The van der Waals surface area contributed by atoms with Crippen LogP contribution in [0.3, 0.4) is 0 Å². The Kier molecular flexibility index (Phi) is 6.41. The maximum absolute atomic E-state index is 11.9. The summed E-state index contributed by atoms with van der Waals surface area (Å²) in [5.74, 6) is 1.54. The third-order valence-electron chi connectivity index (χ3n) is 6.32. The largest absolute Gasteiger partial charge is 0.450 e. The number of allylic oxidation sites excluding steroid dienone is 2. The third-order valence-corrected chi connectivity index (χ3v) is 6.49. The molecule has 14 nitrogen and oxygen atoms in total. The molecule has 3 N–H and O–H groups in total. The van der Waals surface area contributed by atoms with E-state index in [0.717, 1.165) is 0 Å². The molecule has 6 rings (SSSR count). The van der Waals surface area contributed by atoms with Crippen LogP contribution in [0.25, 0.3) is 11.2 Å². The Morgan fingerprint density at radius 1 is 1.32 bits per heavy atom. The second kappa shape index (κ2) is 9.89. The summed E-state index contributed by atoms with van der Waals surface area (Å²) in [5.41, 5.74) is 0.988. The zero-order valence-electron chi connectivity index (χ0n) is 20.1. The van der Waals surface area contributed by atoms with Crippen LogP contribution in [0.4, 0.5) is 11.6 Å². The van der Waals surface area contributed by atoms with Crippen molar-refractivity contribution in [2.24, 2.45) is 12.0 Å². The number of rotatable bonds is 7. The monoisotopic (exact) mass is 542 g/mol. The van der Waals surface area contributed by atoms with Crippen LogP contribution in [0.15, 0.2) is 46.3 Å². The van der Waals surface area contributed by atoms with Crippen LogP contribution < -0.4 is 15.7 Å². The zero-order chi connectivity index (χ0) is 26.4. The highest BCUT2D eigenvalue weighted by atomic mass is 35.5. The summed E-state index contributed by atoms with van der Waals surface area (Å²) in [5, 5.41) is 22.6. The average Bonchev–Trinajstić information content (AvgIpc) is 3.49. The van der Waals surface area contributed by atoms with E-state index in [4.69, 9.17) is 25.8 Å². The van der Waals surface area contributed by atoms with Crippen molar-refractivity contribution in [1.82, 2.24) is 29.1 Å². The Morgan fingerprint density at radius 3 is 3.00 bits per heavy atom. The molecule has 3 aliphatic rings. The molecule has 15 heteroatoms. The van der Waals surface area contributed by atoms with Gasteiger partial charge in [0.25, 0.3) is 0 Å². The maximum atomic E-state index is 11.9. The molecule has 0 bridgehead atoms. The summed E-state index contributed by atoms with van der Waals surface area (Å²) in [7, 11) is 1.59. The van der Waals surface area contributed by atoms with Gasteiger partial charge in [0, 0.05) is 20.0 Å². The second-order valence-corrected chi connectivity index (χ2v) is 9.17. The number of fused-ring (bicyclic) bond motifs is 3. The topological polar surface area (TPSA) is 171 Å². The first kappa shape index (κ1) is 24.6. The number of ether oxygens (including phenoxy) is 3. The number of hydrogen-bond acceptors (Lipinski definition) is 12. The third kappa shape index (κ3) is 4.46. The fourth-order valence-corrected chi connectivity index (χ4v) is 4.59. The van der Waals surface area contributed by atoms with E-state index in [1.165, 1.54) is 10.9 Å². The SMILES string of the molecule is Cn1cc2c(nc1=O)N=C1C(=CC=CC1OCCNc1nc(Cl)nc3c1ncn3[C@H]1C[C@H](O)[C@@H](CO)O1)O2. The van der Waals surface area contributed by atoms with Crippen molar-refractivity contribution >= 4 is 40.1 Å². The van der Waals surface area contributed by atoms with Crippen molar-refractivity contribution in [3.63, 3.8) is 0 Å². The van der Waals surface area contributed by atoms with Gasteiger partial charge in [0.05, 0.1) is 31.8 Å². The lowest BCUT2D eigenvalue weighted by Crippen LogP contribution is -2.32. The number of nitrogens with one attached hydrogen (secondary N) is 1. The molecule has 1 fully saturated rings. The minimum Gasteiger partial charge on any atom is -0.450 e. The number of aliphatic imine (C=N–C) groups is 1. The van der Waals surface area contributed by atoms with Crippen molar-refractivity contribution in [1.29, 1.82) is 0 Å². The molecule has 0 spiro atoms. The molecule has 3 aromatic rings. The molecule has 1 aliphatic carbocycles. The first-order valence-corrected chi connectivity index (χ1v) is 12.2. The standard InChI is InChI=1S/C23H23ClN8O6/c1-31-8-14-19(29-23(31)35)27-17-12(3-2-4-13(17)37-14)36-6-5-25-20-18-21(30-22(24)28-20)32(10-26-18)16-7-11(34)15(9-33)38-16/h2-4,8,10-12,15-16,33-34H,5-7,9H2,1H3,(H,25,28,30)/t11-,12?,15+,16+/m0/s1. The van der Waals surface area contributed by atoms with Crippen LogP contribution >= 0.6 is 11.6 Å². The summed E-state index contributed by atoms with van der Waals surface area (Å²) in [6, 6.07) is 0. The summed E-state index contributed by atoms with van der Waals surface area (Å²) in [6.45, 7) is 0.325. The normalized spacial score (nSPS) is 24.0. The first-order valence-electron chi connectivity index (χ1n) is 11.8. The Labute approximate surface area is 219 Å². The molecule has 5 heterocycles. The number of imidazole rings is 1. The van der Waals surface area contributed by atoms with E-state index in [0.29, 0.717) is 40.7 Å². The summed E-state index contributed by atoms with van der Waals surface area (Å²) >= 11 is 6.18. The molecule has 0 aromatic carbocycles. The Balaban J connectivity index is 1.14. The van der Waals surface area contributed by atoms with E-state index in [9.17, 15) is 15.0 Å². The number of aryl methyl sites for hydroxylation is 1. The van der Waals surface area contributed by atoms with Crippen molar-refractivity contribution in [2.45, 2.75) is 31.0 Å². The van der Waals surface area contributed by atoms with Crippen molar-refractivity contribution < 1.29 is 24.4 Å². The van der Waals surface area contributed by atoms with Crippen LogP contribution in [0.1, 0.15) is 12.6 Å². The van der Waals surface area contributed by atoms with Gasteiger partial charge >= 0.3 is 5.69 Å². The van der Waals surface area contributed by atoms with Gasteiger partial charge in [-0.3, -0.25) is 9.13 Å². The predicted molar refractivity (Wildman–Crippen MR) is 135 cm³/mol. The summed E-state index contributed by atoms with van der Waals surface area (Å²) < 4.78 is 20.6. The number of hydrogen-bond donors (Lipinski definition) is 3. The minimum absolute atomic E-state index is 0.0101. The van der Waals surface area contributed by atoms with Gasteiger partial charge < -0.3 is 29.7 Å². The Bertz CT molecular complexity index is 1550. The fourth-order valence-electron chi connectivity index (χ4n) is 4.43. The lowest BCUT2D eigenvalue weighted by atomic mass is 10.1. The molecular formula is C23H23ClN8O6. The van der Waals surface area contributed by atoms with Crippen molar-refractivity contribution in [2.75, 3.05) is 25.1 Å². The quantitative estimate of drug-likeness (QED) is 0.282. The summed E-state index contributed by atoms with van der Waals surface area (Å²) in [6.07, 6.45) is 6.25. The number of aromatic nitrogens is 6. The van der Waals surface area contributed by atoms with Gasteiger partial charge in [-0.2, -0.15) is 15.0 Å². The molecule has 1 saturated heterocycles. The van der Waals surface area contributed by atoms with Gasteiger partial charge in [-0.05, 0) is 23.8 Å². The number of anilines is 1. The van der Waals surface area contributed by atoms with Crippen molar-refractivity contribution in [3.8, 4) is 5.75 Å². The minimum atomic E-state index is -0.799. The first-order chi connectivity index (χ1) is 18.4. The zero-order valence-corrected chi connectivity index (χ0v) is 20.8. The van der Waals surface area contributed by atoms with Crippen LogP contribution in [0, 0.1) is 0 Å². The van der Waals surface area contributed by atoms with E-state index in [2.05, 4.69) is 30.2 Å². The van der Waals surface area contributed by atoms with E-state index < -0.39 is 30.2 Å². The van der Waals surface area contributed by atoms with Gasteiger partial charge in [0.15, 0.2) is 28.5 Å². The van der Waals surface area contributed by atoms with E-state index in [1.807, 2.05) is 12.2 Å². The highest BCUT2D eigenvalue weighted by Crippen LogP contribution is 2.34. The number of halogens is 1. The van der Waals surface area contributed by atoms with Gasteiger partial charge in [-0.25, -0.2) is 14.8 Å². The molecule has 3 aromatic heterocycles. The predicted octanol–water partition coefficient (Wildman–Crippen LogP) is 0.630. The number of aliphatic hydroxyl groups is 2. The second-order valence-electron chi connectivity index (χ2n) is 8.84. The van der Waals surface area contributed by atoms with Crippen LogP contribution in [0.2, 0.25) is 5.28 Å². The van der Waals surface area contributed by atoms with Gasteiger partial charge in [-0.15, -0.1) is 0 Å². The maximum Gasteiger partial charge on any atom is 0.349 e. The fraction of sp³-hybridized carbons (Fsp3) is 0.391. The van der Waals surface area contributed by atoms with Crippen LogP contribution in [-0.4, -0.2) is 83.1 Å². The summed E-state index contributed by atoms with van der Waals surface area (Å²) in [4.78, 5) is 33.3. The molecule has 2 aliphatic heterocycles. The lowest BCUT2D eigenvalue weighted by Gasteiger charge is -2.25. The lowest BCUT2D eigenvalue weighted by molar-refractivity contribution is -0.0432. The Hall–Kier alpha value is -3.69. The van der Waals surface area contributed by atoms with Crippen molar-refractivity contribution in [3.05, 3.63) is 52.3 Å². The molecule has 198 valence electrons. The molecule has 0 saturated carbocycles. The molecule has 1 unspecified atom stereocenters. The number of aliphatic hydroxyl groups excluding tert-OH is 2. The molecule has 0 amide bonds. The van der Waals surface area contributed by atoms with E-state index in [1.54, 1.807) is 23.9 Å². The molecule has 38 heavy (non-hydrogen) atoms. The smallest absolute Gasteiger partial charge is 0.349 e. The highest BCUT2D eigenvalue weighted by Gasteiger charge is 2.35. The van der Waals surface area contributed by atoms with Gasteiger partial charge in [0.1, 0.15) is 24.1 Å². The van der Waals surface area contributed by atoms with E-state index >= 15 is 0 Å².